The molecule has 0 radical (unpaired) electrons. The van der Waals surface area contributed by atoms with E-state index in [4.69, 9.17) is 5.73 Å². The van der Waals surface area contributed by atoms with Crippen molar-refractivity contribution in [3.8, 4) is 11.1 Å². The first-order chi connectivity index (χ1) is 13.2. The van der Waals surface area contributed by atoms with Crippen molar-refractivity contribution < 1.29 is 18.3 Å². The maximum Gasteiger partial charge on any atom is 0.248 e. The van der Waals surface area contributed by atoms with Gasteiger partial charge in [0.1, 0.15) is 0 Å². The molecule has 2 aromatic rings. The van der Waals surface area contributed by atoms with Crippen molar-refractivity contribution in [1.29, 1.82) is 0 Å². The first-order valence-electron chi connectivity index (χ1n) is 9.42. The van der Waals surface area contributed by atoms with E-state index >= 15 is 0 Å². The molecule has 1 aromatic carbocycles. The smallest absolute Gasteiger partial charge is 0.248 e. The molecule has 0 spiro atoms. The number of hydrogen-bond acceptors (Lipinski definition) is 3. The van der Waals surface area contributed by atoms with Gasteiger partial charge in [-0.3, -0.25) is 4.79 Å². The topological polar surface area (TPSA) is 82.1 Å². The second kappa shape index (κ2) is 7.83. The van der Waals surface area contributed by atoms with Crippen LogP contribution in [0.15, 0.2) is 36.5 Å². The fraction of sp³-hybridized carbons (Fsp3) is 0.429. The molecule has 7 heteroatoms. The van der Waals surface area contributed by atoms with Gasteiger partial charge in [-0.1, -0.05) is 12.1 Å². The van der Waals surface area contributed by atoms with Crippen LogP contribution in [0.2, 0.25) is 0 Å². The number of aromatic nitrogens is 1. The summed E-state index contributed by atoms with van der Waals surface area (Å²) in [5, 5.41) is 14.6. The van der Waals surface area contributed by atoms with Gasteiger partial charge in [-0.2, -0.15) is 4.73 Å². The van der Waals surface area contributed by atoms with Crippen molar-refractivity contribution in [3.63, 3.8) is 0 Å². The Labute approximate surface area is 163 Å². The number of rotatable bonds is 4. The molecule has 1 atom stereocenters. The first-order valence-corrected chi connectivity index (χ1v) is 9.42. The number of nitrogens with one attached hydrogen (secondary N) is 1. The van der Waals surface area contributed by atoms with E-state index in [2.05, 4.69) is 5.32 Å². The zero-order valence-corrected chi connectivity index (χ0v) is 16.0. The molecular weight excluding hydrogens is 364 g/mol. The van der Waals surface area contributed by atoms with Crippen LogP contribution < -0.4 is 15.8 Å². The van der Waals surface area contributed by atoms with Crippen LogP contribution in [-0.2, 0) is 4.79 Å². The fourth-order valence-corrected chi connectivity index (χ4v) is 3.79. The van der Waals surface area contributed by atoms with E-state index in [0.29, 0.717) is 11.4 Å². The summed E-state index contributed by atoms with van der Waals surface area (Å²) in [6, 6.07) is 8.10. The van der Waals surface area contributed by atoms with Gasteiger partial charge in [0.05, 0.1) is 11.6 Å². The third-order valence-corrected chi connectivity index (χ3v) is 5.56. The lowest BCUT2D eigenvalue weighted by Gasteiger charge is -2.31. The highest BCUT2D eigenvalue weighted by Crippen LogP contribution is 2.37. The standard InChI is InChI=1S/C21H25F2N3O2/c1-13-9-12-26(28)14(2)18(13)15-3-5-17(6-4-15)25-20(27)19(24)16-7-10-21(22,23)11-8-16/h3-6,9,12,16,19H,7-8,10-11,24H2,1-2H3,(H,25,27). The molecule has 1 amide bonds. The van der Waals surface area contributed by atoms with E-state index in [1.165, 1.54) is 6.20 Å². The minimum atomic E-state index is -2.64. The Morgan fingerprint density at radius 1 is 1.21 bits per heavy atom. The normalized spacial score (nSPS) is 17.9. The van der Waals surface area contributed by atoms with E-state index in [-0.39, 0.29) is 37.5 Å². The molecule has 0 bridgehead atoms. The van der Waals surface area contributed by atoms with Gasteiger partial charge in [-0.25, -0.2) is 8.78 Å². The number of anilines is 1. The highest BCUT2D eigenvalue weighted by atomic mass is 19.3. The minimum Gasteiger partial charge on any atom is -0.618 e. The summed E-state index contributed by atoms with van der Waals surface area (Å²) in [6.07, 6.45) is 1.54. The minimum absolute atomic E-state index is 0.219. The fourth-order valence-electron chi connectivity index (χ4n) is 3.79. The number of benzene rings is 1. The molecule has 1 aliphatic rings. The highest BCUT2D eigenvalue weighted by Gasteiger charge is 2.38. The zero-order valence-electron chi connectivity index (χ0n) is 16.0. The largest absolute Gasteiger partial charge is 0.618 e. The quantitative estimate of drug-likeness (QED) is 0.618. The summed E-state index contributed by atoms with van der Waals surface area (Å²) in [7, 11) is 0. The van der Waals surface area contributed by atoms with Gasteiger partial charge >= 0.3 is 0 Å². The van der Waals surface area contributed by atoms with E-state index < -0.39 is 12.0 Å². The van der Waals surface area contributed by atoms with Gasteiger partial charge in [0, 0.05) is 31.5 Å². The summed E-state index contributed by atoms with van der Waals surface area (Å²) < 4.78 is 27.4. The Hall–Kier alpha value is -2.54. The van der Waals surface area contributed by atoms with Gasteiger partial charge in [0.2, 0.25) is 11.8 Å². The number of carbonyl (C=O) groups excluding carboxylic acids is 1. The molecule has 1 fully saturated rings. The number of carbonyl (C=O) groups is 1. The molecule has 3 rings (SSSR count). The summed E-state index contributed by atoms with van der Waals surface area (Å²) >= 11 is 0. The van der Waals surface area contributed by atoms with Crippen LogP contribution in [0.25, 0.3) is 11.1 Å². The zero-order chi connectivity index (χ0) is 20.5. The summed E-state index contributed by atoms with van der Waals surface area (Å²) in [6.45, 7) is 3.70. The Bertz CT molecular complexity index is 859. The molecule has 1 saturated carbocycles. The molecule has 1 heterocycles. The van der Waals surface area contributed by atoms with Gasteiger partial charge < -0.3 is 16.3 Å². The van der Waals surface area contributed by atoms with Crippen LogP contribution in [0.3, 0.4) is 0 Å². The Morgan fingerprint density at radius 3 is 2.43 bits per heavy atom. The number of alkyl halides is 2. The van der Waals surface area contributed by atoms with Crippen LogP contribution in [0.1, 0.15) is 36.9 Å². The average Bonchev–Trinajstić information content (AvgIpc) is 2.66. The SMILES string of the molecule is Cc1cc[n+]([O-])c(C)c1-c1ccc(NC(=O)C(N)C2CCC(F)(F)CC2)cc1. The number of halogens is 2. The number of aryl methyl sites for hydroxylation is 1. The maximum atomic E-state index is 13.3. The van der Waals surface area contributed by atoms with E-state index in [1.54, 1.807) is 25.1 Å². The van der Waals surface area contributed by atoms with Gasteiger partial charge in [-0.05, 0) is 48.9 Å². The van der Waals surface area contributed by atoms with Crippen LogP contribution in [0, 0.1) is 25.0 Å². The molecular formula is C21H25F2N3O2. The monoisotopic (exact) mass is 389 g/mol. The Morgan fingerprint density at radius 2 is 1.82 bits per heavy atom. The summed E-state index contributed by atoms with van der Waals surface area (Å²) in [5.74, 6) is -3.24. The van der Waals surface area contributed by atoms with Crippen LogP contribution >= 0.6 is 0 Å². The van der Waals surface area contributed by atoms with Crippen LogP contribution in [0.4, 0.5) is 14.5 Å². The lowest BCUT2D eigenvalue weighted by atomic mass is 9.82. The number of amides is 1. The predicted molar refractivity (Wildman–Crippen MR) is 104 cm³/mol. The second-order valence-corrected chi connectivity index (χ2v) is 7.57. The molecule has 150 valence electrons. The van der Waals surface area contributed by atoms with Crippen molar-refractivity contribution in [3.05, 3.63) is 53.0 Å². The molecule has 28 heavy (non-hydrogen) atoms. The highest BCUT2D eigenvalue weighted by molar-refractivity contribution is 5.95. The van der Waals surface area contributed by atoms with Crippen LogP contribution in [-0.4, -0.2) is 17.9 Å². The number of pyridine rings is 1. The third kappa shape index (κ3) is 4.30. The van der Waals surface area contributed by atoms with Gasteiger partial charge in [-0.15, -0.1) is 0 Å². The molecule has 1 aliphatic carbocycles. The van der Waals surface area contributed by atoms with Crippen molar-refractivity contribution >= 4 is 11.6 Å². The lowest BCUT2D eigenvalue weighted by Crippen LogP contribution is -2.44. The molecule has 0 saturated heterocycles. The first kappa shape index (κ1) is 20.2. The Kier molecular flexibility index (Phi) is 5.65. The lowest BCUT2D eigenvalue weighted by molar-refractivity contribution is -0.611. The predicted octanol–water partition coefficient (Wildman–Crippen LogP) is 3.70. The Balaban J connectivity index is 1.68. The van der Waals surface area contributed by atoms with E-state index in [9.17, 15) is 18.8 Å². The average molecular weight is 389 g/mol. The molecule has 1 unspecified atom stereocenters. The van der Waals surface area contributed by atoms with Crippen molar-refractivity contribution in [2.45, 2.75) is 51.5 Å². The van der Waals surface area contributed by atoms with Crippen molar-refractivity contribution in [2.75, 3.05) is 5.32 Å². The second-order valence-electron chi connectivity index (χ2n) is 7.57. The molecule has 0 aliphatic heterocycles. The number of nitrogens with two attached hydrogens (primary N) is 1. The van der Waals surface area contributed by atoms with Gasteiger partial charge in [0.25, 0.3) is 0 Å². The number of nitrogens with zero attached hydrogens (tertiary/aromatic N) is 1. The van der Waals surface area contributed by atoms with Crippen LogP contribution in [0.5, 0.6) is 0 Å². The van der Waals surface area contributed by atoms with E-state index in [1.807, 2.05) is 19.1 Å². The van der Waals surface area contributed by atoms with E-state index in [0.717, 1.165) is 21.4 Å². The third-order valence-electron chi connectivity index (χ3n) is 5.56. The maximum absolute atomic E-state index is 13.3. The van der Waals surface area contributed by atoms with Crippen molar-refractivity contribution in [2.24, 2.45) is 11.7 Å². The molecule has 3 N–H and O–H groups in total. The summed E-state index contributed by atoms with van der Waals surface area (Å²) in [4.78, 5) is 12.4. The van der Waals surface area contributed by atoms with Crippen molar-refractivity contribution in [1.82, 2.24) is 0 Å². The number of hydrogen-bond donors (Lipinski definition) is 2. The molecule has 1 aromatic heterocycles. The summed E-state index contributed by atoms with van der Waals surface area (Å²) in [5.41, 5.74) is 9.90. The molecule has 5 nitrogen and oxygen atoms in total. The van der Waals surface area contributed by atoms with Gasteiger partial charge in [0.15, 0.2) is 11.9 Å².